The Morgan fingerprint density at radius 1 is 1.38 bits per heavy atom. The number of aromatic nitrogens is 2. The minimum Gasteiger partial charge on any atom is -0.448 e. The minimum absolute atomic E-state index is 0.711. The van der Waals surface area contributed by atoms with Gasteiger partial charge in [0, 0.05) is 11.1 Å². The Balaban J connectivity index is 2.28. The van der Waals surface area contributed by atoms with E-state index in [1.165, 1.54) is 0 Å². The van der Waals surface area contributed by atoms with Gasteiger partial charge in [0.2, 0.25) is 0 Å². The monoisotopic (exact) mass is 360 g/mol. The predicted molar refractivity (Wildman–Crippen MR) is 70.9 cm³/mol. The maximum absolute atomic E-state index is 5.50. The highest BCUT2D eigenvalue weighted by atomic mass is 79.9. The summed E-state index contributed by atoms with van der Waals surface area (Å²) in [7, 11) is 0. The summed E-state index contributed by atoms with van der Waals surface area (Å²) in [6, 6.07) is 3.76. The number of fused-ring (bicyclic) bond motifs is 1. The highest BCUT2D eigenvalue weighted by Gasteiger charge is 2.16. The summed E-state index contributed by atoms with van der Waals surface area (Å²) in [5.74, 6) is 0.758. The third-order valence-electron chi connectivity index (χ3n) is 2.28. The molecule has 0 radical (unpaired) electrons. The van der Waals surface area contributed by atoms with Gasteiger partial charge < -0.3 is 4.42 Å². The van der Waals surface area contributed by atoms with Crippen molar-refractivity contribution in [3.05, 3.63) is 32.5 Å². The van der Waals surface area contributed by atoms with E-state index >= 15 is 0 Å². The molecule has 0 N–H and O–H groups in total. The number of thiazole rings is 1. The summed E-state index contributed by atoms with van der Waals surface area (Å²) in [6.45, 7) is 2.05. The number of furan rings is 1. The van der Waals surface area contributed by atoms with E-state index in [4.69, 9.17) is 4.42 Å². The lowest BCUT2D eigenvalue weighted by molar-refractivity contribution is 0.554. The molecule has 3 heterocycles. The van der Waals surface area contributed by atoms with Crippen molar-refractivity contribution in [2.24, 2.45) is 0 Å². The molecule has 0 aromatic carbocycles. The summed E-state index contributed by atoms with van der Waals surface area (Å²) in [5, 5.41) is 2.08. The SMILES string of the molecule is Cc1csc2nc(-c3ccc(Br)o3)c(Br)n12. The fourth-order valence-electron chi connectivity index (χ4n) is 1.56. The first-order chi connectivity index (χ1) is 7.66. The van der Waals surface area contributed by atoms with Gasteiger partial charge in [0.1, 0.15) is 10.3 Å². The first-order valence-corrected chi connectivity index (χ1v) is 7.01. The highest BCUT2D eigenvalue weighted by Crippen LogP contribution is 2.33. The van der Waals surface area contributed by atoms with Gasteiger partial charge in [-0.1, -0.05) is 0 Å². The average Bonchev–Trinajstić information content (AvgIpc) is 2.87. The Morgan fingerprint density at radius 3 is 2.81 bits per heavy atom. The van der Waals surface area contributed by atoms with Crippen molar-refractivity contribution in [1.82, 2.24) is 9.38 Å². The van der Waals surface area contributed by atoms with Crippen LogP contribution in [0.15, 0.2) is 31.2 Å². The topological polar surface area (TPSA) is 30.4 Å². The number of rotatable bonds is 1. The van der Waals surface area contributed by atoms with Crippen LogP contribution in [0.4, 0.5) is 0 Å². The highest BCUT2D eigenvalue weighted by molar-refractivity contribution is 9.10. The largest absolute Gasteiger partial charge is 0.448 e. The molecule has 0 unspecified atom stereocenters. The molecule has 0 fully saturated rings. The van der Waals surface area contributed by atoms with Crippen molar-refractivity contribution in [3.8, 4) is 11.5 Å². The molecular weight excluding hydrogens is 356 g/mol. The molecule has 0 bridgehead atoms. The van der Waals surface area contributed by atoms with Crippen LogP contribution >= 0.6 is 43.2 Å². The van der Waals surface area contributed by atoms with Crippen molar-refractivity contribution in [2.75, 3.05) is 0 Å². The van der Waals surface area contributed by atoms with E-state index in [9.17, 15) is 0 Å². The molecule has 0 spiro atoms. The van der Waals surface area contributed by atoms with Crippen LogP contribution in [-0.4, -0.2) is 9.38 Å². The zero-order valence-corrected chi connectivity index (χ0v) is 12.2. The minimum atomic E-state index is 0.711. The third kappa shape index (κ3) is 1.48. The lowest BCUT2D eigenvalue weighted by atomic mass is 10.3. The molecule has 0 saturated heterocycles. The van der Waals surface area contributed by atoms with Crippen LogP contribution in [0.5, 0.6) is 0 Å². The van der Waals surface area contributed by atoms with E-state index < -0.39 is 0 Å². The predicted octanol–water partition coefficient (Wildman–Crippen LogP) is 4.49. The van der Waals surface area contributed by atoms with Crippen molar-refractivity contribution < 1.29 is 4.42 Å². The molecule has 16 heavy (non-hydrogen) atoms. The van der Waals surface area contributed by atoms with Crippen molar-refractivity contribution in [1.29, 1.82) is 0 Å². The number of hydrogen-bond acceptors (Lipinski definition) is 3. The summed E-state index contributed by atoms with van der Waals surface area (Å²) >= 11 is 8.47. The molecule has 6 heteroatoms. The molecule has 0 saturated carbocycles. The van der Waals surface area contributed by atoms with Gasteiger partial charge in [-0.15, -0.1) is 11.3 Å². The first kappa shape index (κ1) is 10.6. The molecule has 0 amide bonds. The van der Waals surface area contributed by atoms with Crippen LogP contribution in [0.2, 0.25) is 0 Å². The molecule has 82 valence electrons. The van der Waals surface area contributed by atoms with Gasteiger partial charge in [-0.3, -0.25) is 4.40 Å². The third-order valence-corrected chi connectivity index (χ3v) is 4.38. The lowest BCUT2D eigenvalue weighted by Crippen LogP contribution is -1.82. The van der Waals surface area contributed by atoms with E-state index in [1.807, 2.05) is 12.1 Å². The van der Waals surface area contributed by atoms with Crippen molar-refractivity contribution in [3.63, 3.8) is 0 Å². The van der Waals surface area contributed by atoms with Crippen LogP contribution in [0, 0.1) is 6.92 Å². The Labute approximate surface area is 112 Å². The molecule has 0 atom stereocenters. The number of aryl methyl sites for hydroxylation is 1. The first-order valence-electron chi connectivity index (χ1n) is 4.54. The molecule has 3 nitrogen and oxygen atoms in total. The van der Waals surface area contributed by atoms with Crippen LogP contribution in [0.1, 0.15) is 5.69 Å². The summed E-state index contributed by atoms with van der Waals surface area (Å²) < 4.78 is 9.21. The summed E-state index contributed by atoms with van der Waals surface area (Å²) in [6.07, 6.45) is 0. The number of nitrogens with zero attached hydrogens (tertiary/aromatic N) is 2. The van der Waals surface area contributed by atoms with E-state index in [0.717, 1.165) is 26.7 Å². The van der Waals surface area contributed by atoms with Gasteiger partial charge in [-0.05, 0) is 50.9 Å². The van der Waals surface area contributed by atoms with Gasteiger partial charge in [0.25, 0.3) is 0 Å². The quantitative estimate of drug-likeness (QED) is 0.639. The number of imidazole rings is 1. The average molecular weight is 362 g/mol. The molecule has 0 aliphatic rings. The van der Waals surface area contributed by atoms with E-state index in [1.54, 1.807) is 11.3 Å². The standard InChI is InChI=1S/C10H6Br2N2OS/c1-5-4-16-10-13-8(9(12)14(5)10)6-2-3-7(11)15-6/h2-4H,1H3. The van der Waals surface area contributed by atoms with E-state index in [0.29, 0.717) is 4.67 Å². The zero-order chi connectivity index (χ0) is 11.3. The normalized spacial score (nSPS) is 11.4. The number of halogens is 2. The fraction of sp³-hybridized carbons (Fsp3) is 0.100. The van der Waals surface area contributed by atoms with Gasteiger partial charge in [-0.2, -0.15) is 0 Å². The smallest absolute Gasteiger partial charge is 0.195 e. The second-order valence-corrected chi connectivity index (χ2v) is 5.72. The van der Waals surface area contributed by atoms with Gasteiger partial charge in [0.15, 0.2) is 15.4 Å². The van der Waals surface area contributed by atoms with Gasteiger partial charge in [0.05, 0.1) is 0 Å². The van der Waals surface area contributed by atoms with Crippen molar-refractivity contribution >= 4 is 48.2 Å². The molecule has 3 rings (SSSR count). The maximum Gasteiger partial charge on any atom is 0.195 e. The fourth-order valence-corrected chi connectivity index (χ4v) is 3.58. The molecule has 0 aliphatic heterocycles. The van der Waals surface area contributed by atoms with Crippen LogP contribution in [-0.2, 0) is 0 Å². The Morgan fingerprint density at radius 2 is 2.19 bits per heavy atom. The summed E-state index contributed by atoms with van der Waals surface area (Å²) in [4.78, 5) is 5.50. The molecule has 3 aromatic rings. The molecular formula is C10H6Br2N2OS. The van der Waals surface area contributed by atoms with Crippen molar-refractivity contribution in [2.45, 2.75) is 6.92 Å². The van der Waals surface area contributed by atoms with Gasteiger partial charge in [-0.25, -0.2) is 4.98 Å². The second kappa shape index (κ2) is 3.72. The number of hydrogen-bond donors (Lipinski definition) is 0. The van der Waals surface area contributed by atoms with E-state index in [2.05, 4.69) is 53.5 Å². The molecule has 0 aliphatic carbocycles. The Kier molecular flexibility index (Phi) is 2.45. The summed E-state index contributed by atoms with van der Waals surface area (Å²) in [5.41, 5.74) is 2.00. The van der Waals surface area contributed by atoms with Crippen LogP contribution in [0.3, 0.4) is 0 Å². The van der Waals surface area contributed by atoms with E-state index in [-0.39, 0.29) is 0 Å². The Hall–Kier alpha value is -0.590. The van der Waals surface area contributed by atoms with Crippen LogP contribution < -0.4 is 0 Å². The maximum atomic E-state index is 5.50. The zero-order valence-electron chi connectivity index (χ0n) is 8.20. The van der Waals surface area contributed by atoms with Gasteiger partial charge >= 0.3 is 0 Å². The van der Waals surface area contributed by atoms with Crippen LogP contribution in [0.25, 0.3) is 16.4 Å². The Bertz CT molecular complexity index is 668. The lowest BCUT2D eigenvalue weighted by Gasteiger charge is -1.93. The second-order valence-electron chi connectivity index (χ2n) is 3.35. The molecule has 3 aromatic heterocycles.